The van der Waals surface area contributed by atoms with Crippen LogP contribution in [0.15, 0.2) is 30.5 Å². The highest BCUT2D eigenvalue weighted by Gasteiger charge is 2.49. The molecule has 0 radical (unpaired) electrons. The van der Waals surface area contributed by atoms with Crippen molar-refractivity contribution in [2.24, 2.45) is 35.5 Å². The molecule has 262 valence electrons. The van der Waals surface area contributed by atoms with Crippen molar-refractivity contribution in [1.82, 2.24) is 15.6 Å². The summed E-state index contributed by atoms with van der Waals surface area (Å²) in [5, 5.41) is 50.8. The van der Waals surface area contributed by atoms with Crippen molar-refractivity contribution in [3.63, 3.8) is 0 Å². The van der Waals surface area contributed by atoms with E-state index in [9.17, 15) is 25.2 Å². The minimum absolute atomic E-state index is 0.175. The Hall–Kier alpha value is -2.04. The van der Waals surface area contributed by atoms with Crippen LogP contribution in [0.1, 0.15) is 103 Å². The molecule has 1 fully saturated rings. The maximum atomic E-state index is 12.3. The van der Waals surface area contributed by atoms with Crippen molar-refractivity contribution in [3.8, 4) is 0 Å². The van der Waals surface area contributed by atoms with Crippen LogP contribution in [0, 0.1) is 35.5 Å². The zero-order chi connectivity index (χ0) is 33.5. The number of carboxylic acids is 1. The molecule has 46 heavy (non-hydrogen) atoms. The summed E-state index contributed by atoms with van der Waals surface area (Å²) in [6.07, 6.45) is 16.5. The summed E-state index contributed by atoms with van der Waals surface area (Å²) in [5.41, 5.74) is 6.02. The summed E-state index contributed by atoms with van der Waals surface area (Å²) in [6.45, 7) is 6.43. The quantitative estimate of drug-likeness (QED) is 0.0685. The predicted molar refractivity (Wildman–Crippen MR) is 185 cm³/mol. The first-order valence-corrected chi connectivity index (χ1v) is 18.1. The molecule has 3 rings (SSSR count). The van der Waals surface area contributed by atoms with Gasteiger partial charge in [0, 0.05) is 24.6 Å². The Bertz CT molecular complexity index is 1060. The fraction of sp³-hybridized carbons (Fsp3) is 0.784. The molecule has 9 heteroatoms. The number of allylic oxidation sites excluding steroid dienone is 1. The minimum Gasteiger partial charge on any atom is -0.481 e. The van der Waals surface area contributed by atoms with E-state index in [0.29, 0.717) is 44.0 Å². The monoisotopic (exact) mass is 644 g/mol. The number of nitrogens with zero attached hydrogens (tertiary/aromatic N) is 1. The number of nitrogens with one attached hydrogen (secondary N) is 2. The van der Waals surface area contributed by atoms with E-state index in [1.165, 1.54) is 19.3 Å². The molecule has 0 aliphatic heterocycles. The number of carbonyl (C=O) groups is 1. The number of rotatable bonds is 22. The fourth-order valence-electron chi connectivity index (χ4n) is 8.14. The highest BCUT2D eigenvalue weighted by Crippen LogP contribution is 2.46. The molecule has 1 aromatic heterocycles. The van der Waals surface area contributed by atoms with Gasteiger partial charge in [0.1, 0.15) is 5.82 Å². The van der Waals surface area contributed by atoms with E-state index in [4.69, 9.17) is 5.73 Å². The van der Waals surface area contributed by atoms with Gasteiger partial charge in [0.2, 0.25) is 0 Å². The molecule has 9 nitrogen and oxygen atoms in total. The van der Waals surface area contributed by atoms with Crippen molar-refractivity contribution in [2.75, 3.05) is 32.4 Å². The summed E-state index contributed by atoms with van der Waals surface area (Å²) >= 11 is 0. The van der Waals surface area contributed by atoms with Gasteiger partial charge in [0.05, 0.1) is 23.7 Å². The molecule has 8 N–H and O–H groups in total. The summed E-state index contributed by atoms with van der Waals surface area (Å²) < 4.78 is 0. The molecule has 2 aliphatic rings. The number of unbranched alkanes of at least 4 members (excludes halogenated alkanes) is 4. The molecule has 2 aliphatic carbocycles. The average Bonchev–Trinajstić information content (AvgIpc) is 3.33. The van der Waals surface area contributed by atoms with Gasteiger partial charge in [-0.2, -0.15) is 0 Å². The maximum absolute atomic E-state index is 12.3. The number of anilines is 1. The van der Waals surface area contributed by atoms with E-state index in [0.717, 1.165) is 57.2 Å². The number of aliphatic carboxylic acids is 1. The molecule has 0 amide bonds. The van der Waals surface area contributed by atoms with Gasteiger partial charge in [-0.15, -0.1) is 0 Å². The second-order valence-corrected chi connectivity index (χ2v) is 14.4. The van der Waals surface area contributed by atoms with Gasteiger partial charge in [0.25, 0.3) is 0 Å². The van der Waals surface area contributed by atoms with Gasteiger partial charge in [0.15, 0.2) is 0 Å². The van der Waals surface area contributed by atoms with E-state index < -0.39 is 23.6 Å². The number of carboxylic acid groups (broad SMARTS) is 1. The number of hydrogen-bond donors (Lipinski definition) is 7. The Morgan fingerprint density at radius 1 is 1.11 bits per heavy atom. The molecule has 1 saturated carbocycles. The Labute approximate surface area is 277 Å². The van der Waals surface area contributed by atoms with Gasteiger partial charge in [-0.25, -0.2) is 4.98 Å². The van der Waals surface area contributed by atoms with Gasteiger partial charge >= 0.3 is 5.97 Å². The second-order valence-electron chi connectivity index (χ2n) is 14.4. The number of nitrogens with two attached hydrogens (primary N) is 1. The molecule has 0 aromatic carbocycles. The second kappa shape index (κ2) is 19.7. The van der Waals surface area contributed by atoms with Crippen molar-refractivity contribution in [3.05, 3.63) is 36.0 Å². The van der Waals surface area contributed by atoms with Gasteiger partial charge in [-0.05, 0) is 107 Å². The largest absolute Gasteiger partial charge is 0.481 e. The lowest BCUT2D eigenvalue weighted by molar-refractivity contribution is -0.147. The Kier molecular flexibility index (Phi) is 16.5. The van der Waals surface area contributed by atoms with Crippen molar-refractivity contribution >= 4 is 11.8 Å². The molecular formula is C37H64N4O5. The molecule has 9 atom stereocenters. The Morgan fingerprint density at radius 2 is 1.87 bits per heavy atom. The zero-order valence-electron chi connectivity index (χ0n) is 28.7. The van der Waals surface area contributed by atoms with Gasteiger partial charge in [-0.3, -0.25) is 4.79 Å². The highest BCUT2D eigenvalue weighted by molar-refractivity contribution is 5.70. The predicted octanol–water partition coefficient (Wildman–Crippen LogP) is 4.94. The van der Waals surface area contributed by atoms with Crippen LogP contribution in [-0.2, 0) is 11.2 Å². The third-order valence-corrected chi connectivity index (χ3v) is 10.8. The van der Waals surface area contributed by atoms with Crippen LogP contribution in [0.25, 0.3) is 0 Å². The van der Waals surface area contributed by atoms with Crippen LogP contribution in [0.3, 0.4) is 0 Å². The molecule has 0 spiro atoms. The molecule has 1 aromatic rings. The van der Waals surface area contributed by atoms with Crippen LogP contribution in [-0.4, -0.2) is 75.9 Å². The van der Waals surface area contributed by atoms with Crippen molar-refractivity contribution < 1.29 is 25.2 Å². The van der Waals surface area contributed by atoms with E-state index in [2.05, 4.69) is 41.6 Å². The number of hydrogen-bond acceptors (Lipinski definition) is 8. The number of aliphatic hydroxyl groups is 3. The summed E-state index contributed by atoms with van der Waals surface area (Å²) in [4.78, 5) is 16.4. The average molecular weight is 645 g/mol. The maximum Gasteiger partial charge on any atom is 0.309 e. The highest BCUT2D eigenvalue weighted by atomic mass is 16.4. The molecule has 0 saturated heterocycles. The van der Waals surface area contributed by atoms with E-state index in [-0.39, 0.29) is 36.2 Å². The van der Waals surface area contributed by atoms with E-state index >= 15 is 0 Å². The summed E-state index contributed by atoms with van der Waals surface area (Å²) in [6, 6.07) is 3.87. The first-order valence-electron chi connectivity index (χ1n) is 18.1. The first kappa shape index (κ1) is 38.4. The van der Waals surface area contributed by atoms with Crippen LogP contribution in [0.4, 0.5) is 5.82 Å². The summed E-state index contributed by atoms with van der Waals surface area (Å²) in [7, 11) is 1.84. The number of aliphatic hydroxyl groups excluding tert-OH is 2. The minimum atomic E-state index is -1.04. The zero-order valence-corrected chi connectivity index (χ0v) is 28.7. The molecule has 1 heterocycles. The van der Waals surface area contributed by atoms with Crippen molar-refractivity contribution in [2.45, 2.75) is 122 Å². The fourth-order valence-corrected chi connectivity index (χ4v) is 8.14. The first-order chi connectivity index (χ1) is 22.1. The standard InChI is InChI=1S/C37H64N4O5/c1-4-6-8-11-26-14-15-28(33(42)19-26)12-9-7-10-13-32(36(44)45)34(43)21-31(25-39-3)37(46)22-29(30(23-37)24-40-5-2)18-27-16-17-41-35(38)20-27/h14-17,20,26,28-34,39-40,42-43,46H,4-13,18-19,21-25H2,1-3H3,(H2,38,41)(H,44,45). The van der Waals surface area contributed by atoms with Crippen LogP contribution in [0.5, 0.6) is 0 Å². The van der Waals surface area contributed by atoms with Crippen LogP contribution >= 0.6 is 0 Å². The smallest absolute Gasteiger partial charge is 0.309 e. The Balaban J connectivity index is 1.54. The SMILES string of the molecule is CCCCCC1C=CC(CCCCCC(C(=O)O)C(O)CC(CNC)C2(O)CC(CNCC)C(Cc3ccnc(N)c3)C2)C(O)C1. The van der Waals surface area contributed by atoms with Crippen LogP contribution in [0.2, 0.25) is 0 Å². The number of pyridine rings is 1. The van der Waals surface area contributed by atoms with Gasteiger partial charge in [-0.1, -0.05) is 64.5 Å². The van der Waals surface area contributed by atoms with E-state index in [1.807, 2.05) is 19.2 Å². The van der Waals surface area contributed by atoms with E-state index in [1.54, 1.807) is 6.20 Å². The third kappa shape index (κ3) is 11.9. The topological polar surface area (TPSA) is 161 Å². The third-order valence-electron chi connectivity index (χ3n) is 10.8. The molecule has 9 unspecified atom stereocenters. The van der Waals surface area contributed by atoms with Gasteiger partial charge < -0.3 is 36.8 Å². The number of aromatic nitrogens is 1. The number of nitrogen functional groups attached to an aromatic ring is 1. The lowest BCUT2D eigenvalue weighted by Crippen LogP contribution is -2.44. The molecular weight excluding hydrogens is 580 g/mol. The lowest BCUT2D eigenvalue weighted by Gasteiger charge is -2.36. The normalized spacial score (nSPS) is 28.3. The Morgan fingerprint density at radius 3 is 2.54 bits per heavy atom. The summed E-state index contributed by atoms with van der Waals surface area (Å²) in [5.74, 6) is -0.522. The van der Waals surface area contributed by atoms with Crippen molar-refractivity contribution in [1.29, 1.82) is 0 Å². The lowest BCUT2D eigenvalue weighted by atomic mass is 9.78. The van der Waals surface area contributed by atoms with Crippen LogP contribution < -0.4 is 16.4 Å². The molecule has 0 bridgehead atoms.